The summed E-state index contributed by atoms with van der Waals surface area (Å²) in [4.78, 5) is 14.5. The van der Waals surface area contributed by atoms with Gasteiger partial charge in [0, 0.05) is 6.20 Å². The number of nitrogens with zero attached hydrogens (tertiary/aromatic N) is 2. The highest BCUT2D eigenvalue weighted by Gasteiger charge is 2.24. The summed E-state index contributed by atoms with van der Waals surface area (Å²) in [6.07, 6.45) is -1.79. The van der Waals surface area contributed by atoms with E-state index in [9.17, 15) is 13.6 Å². The Morgan fingerprint density at radius 2 is 2.27 bits per heavy atom. The molecule has 3 nitrogen and oxygen atoms in total. The van der Waals surface area contributed by atoms with Gasteiger partial charge in [0.1, 0.15) is 11.8 Å². The molecule has 0 spiro atoms. The van der Waals surface area contributed by atoms with Crippen molar-refractivity contribution in [2.45, 2.75) is 13.3 Å². The Kier molecular flexibility index (Phi) is 3.32. The molecule has 0 amide bonds. The molecule has 0 aromatic carbocycles. The molecule has 0 saturated heterocycles. The molecular formula is C9H5ClF2N2O. The lowest BCUT2D eigenvalue weighted by atomic mass is 10.0. The molecule has 0 fully saturated rings. The number of hydrogen-bond donors (Lipinski definition) is 0. The number of pyridine rings is 1. The fourth-order valence-electron chi connectivity index (χ4n) is 1.19. The largest absolute Gasteiger partial charge is 0.276 e. The lowest BCUT2D eigenvalue weighted by Gasteiger charge is -2.08. The number of nitriles is 1. The van der Waals surface area contributed by atoms with E-state index in [1.807, 2.05) is 0 Å². The minimum Gasteiger partial charge on any atom is -0.276 e. The molecule has 15 heavy (non-hydrogen) atoms. The average molecular weight is 231 g/mol. The van der Waals surface area contributed by atoms with Crippen LogP contribution in [0.2, 0.25) is 0 Å². The van der Waals surface area contributed by atoms with Gasteiger partial charge in [-0.2, -0.15) is 5.26 Å². The van der Waals surface area contributed by atoms with Gasteiger partial charge in [0.25, 0.3) is 11.7 Å². The highest BCUT2D eigenvalue weighted by molar-refractivity contribution is 6.68. The van der Waals surface area contributed by atoms with Gasteiger partial charge < -0.3 is 0 Å². The maximum atomic E-state index is 12.6. The van der Waals surface area contributed by atoms with Crippen molar-refractivity contribution in [3.63, 3.8) is 0 Å². The monoisotopic (exact) mass is 230 g/mol. The zero-order valence-corrected chi connectivity index (χ0v) is 8.35. The Morgan fingerprint density at radius 1 is 1.67 bits per heavy atom. The highest BCUT2D eigenvalue weighted by atomic mass is 35.5. The molecule has 0 aliphatic heterocycles. The van der Waals surface area contributed by atoms with Crippen LogP contribution in [0.25, 0.3) is 0 Å². The second-order valence-corrected chi connectivity index (χ2v) is 3.11. The van der Waals surface area contributed by atoms with Crippen molar-refractivity contribution in [2.75, 3.05) is 0 Å². The topological polar surface area (TPSA) is 53.8 Å². The van der Waals surface area contributed by atoms with Crippen LogP contribution in [-0.2, 0) is 0 Å². The smallest absolute Gasteiger partial charge is 0.267 e. The summed E-state index contributed by atoms with van der Waals surface area (Å²) in [5.74, 6) is 0. The van der Waals surface area contributed by atoms with Gasteiger partial charge in [0.15, 0.2) is 0 Å². The lowest BCUT2D eigenvalue weighted by molar-refractivity contribution is 0.106. The molecule has 0 bridgehead atoms. The second-order valence-electron chi connectivity index (χ2n) is 2.76. The van der Waals surface area contributed by atoms with E-state index in [1.165, 1.54) is 19.2 Å². The third kappa shape index (κ3) is 2.10. The number of aryl methyl sites for hydroxylation is 1. The van der Waals surface area contributed by atoms with Crippen LogP contribution < -0.4 is 0 Å². The average Bonchev–Trinajstić information content (AvgIpc) is 2.16. The summed E-state index contributed by atoms with van der Waals surface area (Å²) in [6.45, 7) is 1.43. The maximum Gasteiger partial charge on any atom is 0.267 e. The Balaban J connectivity index is 3.60. The van der Waals surface area contributed by atoms with Gasteiger partial charge in [0.05, 0.1) is 11.1 Å². The highest BCUT2D eigenvalue weighted by Crippen LogP contribution is 2.28. The standard InChI is InChI=1S/C9H5ClF2N2O/c1-4-3-14-5(2-13)7(9(11)12)6(4)8(10)15/h3,9H,1H3. The molecular weight excluding hydrogens is 226 g/mol. The minimum absolute atomic E-state index is 0.226. The molecule has 1 heterocycles. The number of halogens is 3. The molecule has 1 aromatic rings. The van der Waals surface area contributed by atoms with Gasteiger partial charge in [-0.25, -0.2) is 13.8 Å². The molecule has 0 aliphatic carbocycles. The van der Waals surface area contributed by atoms with Crippen LogP contribution in [-0.4, -0.2) is 10.2 Å². The molecule has 78 valence electrons. The predicted octanol–water partition coefficient (Wildman–Crippen LogP) is 2.58. The van der Waals surface area contributed by atoms with Gasteiger partial charge in [-0.3, -0.25) is 4.79 Å². The van der Waals surface area contributed by atoms with Crippen LogP contribution in [0, 0.1) is 18.3 Å². The normalized spacial score (nSPS) is 10.1. The van der Waals surface area contributed by atoms with Gasteiger partial charge in [0.2, 0.25) is 0 Å². The number of carbonyl (C=O) groups is 1. The van der Waals surface area contributed by atoms with E-state index in [4.69, 9.17) is 16.9 Å². The molecule has 6 heteroatoms. The van der Waals surface area contributed by atoms with Crippen molar-refractivity contribution in [3.05, 3.63) is 28.6 Å². The van der Waals surface area contributed by atoms with Crippen molar-refractivity contribution in [1.29, 1.82) is 5.26 Å². The molecule has 0 saturated carbocycles. The first-order valence-corrected chi connectivity index (χ1v) is 4.24. The van der Waals surface area contributed by atoms with Crippen molar-refractivity contribution in [3.8, 4) is 6.07 Å². The van der Waals surface area contributed by atoms with E-state index in [1.54, 1.807) is 0 Å². The summed E-state index contributed by atoms with van der Waals surface area (Å²) in [7, 11) is 0. The van der Waals surface area contributed by atoms with E-state index in [0.29, 0.717) is 0 Å². The lowest BCUT2D eigenvalue weighted by Crippen LogP contribution is -2.06. The van der Waals surface area contributed by atoms with Crippen molar-refractivity contribution < 1.29 is 13.6 Å². The van der Waals surface area contributed by atoms with Crippen LogP contribution in [0.5, 0.6) is 0 Å². The van der Waals surface area contributed by atoms with Gasteiger partial charge >= 0.3 is 0 Å². The fourth-order valence-corrected chi connectivity index (χ4v) is 1.44. The van der Waals surface area contributed by atoms with Crippen molar-refractivity contribution in [1.82, 2.24) is 4.98 Å². The fraction of sp³-hybridized carbons (Fsp3) is 0.222. The van der Waals surface area contributed by atoms with E-state index in [-0.39, 0.29) is 11.1 Å². The van der Waals surface area contributed by atoms with E-state index < -0.39 is 22.9 Å². The van der Waals surface area contributed by atoms with Crippen LogP contribution in [0.1, 0.15) is 33.6 Å². The van der Waals surface area contributed by atoms with E-state index in [2.05, 4.69) is 4.98 Å². The first-order chi connectivity index (χ1) is 6.99. The van der Waals surface area contributed by atoms with Crippen LogP contribution in [0.15, 0.2) is 6.20 Å². The summed E-state index contributed by atoms with van der Waals surface area (Å²) >= 11 is 5.18. The number of carbonyl (C=O) groups excluding carboxylic acids is 1. The molecule has 0 atom stereocenters. The Morgan fingerprint density at radius 3 is 2.67 bits per heavy atom. The second kappa shape index (κ2) is 4.32. The Hall–Kier alpha value is -1.54. The van der Waals surface area contributed by atoms with Gasteiger partial charge in [-0.1, -0.05) is 0 Å². The third-order valence-electron chi connectivity index (χ3n) is 1.83. The first-order valence-electron chi connectivity index (χ1n) is 3.86. The molecule has 0 N–H and O–H groups in total. The van der Waals surface area contributed by atoms with Gasteiger partial charge in [-0.05, 0) is 24.1 Å². The SMILES string of the molecule is Cc1cnc(C#N)c(C(F)F)c1C(=O)Cl. The predicted molar refractivity (Wildman–Crippen MR) is 48.8 cm³/mol. The zero-order chi connectivity index (χ0) is 11.6. The van der Waals surface area contributed by atoms with Crippen molar-refractivity contribution in [2.24, 2.45) is 0 Å². The summed E-state index contributed by atoms with van der Waals surface area (Å²) < 4.78 is 25.2. The molecule has 0 aliphatic rings. The van der Waals surface area contributed by atoms with Crippen LogP contribution >= 0.6 is 11.6 Å². The quantitative estimate of drug-likeness (QED) is 0.734. The van der Waals surface area contributed by atoms with Gasteiger partial charge in [-0.15, -0.1) is 0 Å². The zero-order valence-electron chi connectivity index (χ0n) is 7.59. The molecule has 1 rings (SSSR count). The number of hydrogen-bond acceptors (Lipinski definition) is 3. The molecule has 1 aromatic heterocycles. The number of aromatic nitrogens is 1. The molecule has 0 unspecified atom stereocenters. The Labute approximate surface area is 89.3 Å². The molecule has 0 radical (unpaired) electrons. The number of rotatable bonds is 2. The number of alkyl halides is 2. The van der Waals surface area contributed by atoms with Crippen molar-refractivity contribution >= 4 is 16.8 Å². The van der Waals surface area contributed by atoms with E-state index >= 15 is 0 Å². The van der Waals surface area contributed by atoms with E-state index in [0.717, 1.165) is 0 Å². The third-order valence-corrected chi connectivity index (χ3v) is 2.02. The summed E-state index contributed by atoms with van der Waals surface area (Å²) in [6, 6.07) is 1.50. The van der Waals surface area contributed by atoms with Crippen LogP contribution in [0.3, 0.4) is 0 Å². The summed E-state index contributed by atoms with van der Waals surface area (Å²) in [5.41, 5.74) is -1.28. The summed E-state index contributed by atoms with van der Waals surface area (Å²) in [5, 5.41) is 7.55. The Bertz CT molecular complexity index is 454. The maximum absolute atomic E-state index is 12.6. The van der Waals surface area contributed by atoms with Crippen LogP contribution in [0.4, 0.5) is 8.78 Å². The first kappa shape index (κ1) is 11.5. The minimum atomic E-state index is -2.95.